The van der Waals surface area contributed by atoms with Gasteiger partial charge in [0.1, 0.15) is 17.8 Å². The predicted octanol–water partition coefficient (Wildman–Crippen LogP) is 0.826. The molecule has 1 aromatic heterocycles. The number of aromatic nitrogens is 2. The van der Waals surface area contributed by atoms with Crippen LogP contribution in [0.3, 0.4) is 0 Å². The van der Waals surface area contributed by atoms with Crippen molar-refractivity contribution in [3.63, 3.8) is 0 Å². The highest BCUT2D eigenvalue weighted by Gasteiger charge is 2.20. The van der Waals surface area contributed by atoms with Crippen LogP contribution >= 0.6 is 0 Å². The lowest BCUT2D eigenvalue weighted by atomic mass is 10.0. The number of aryl methyl sites for hydroxylation is 1. The zero-order valence-electron chi connectivity index (χ0n) is 16.4. The van der Waals surface area contributed by atoms with Crippen molar-refractivity contribution in [3.8, 4) is 0 Å². The Hall–Kier alpha value is -2.55. The van der Waals surface area contributed by atoms with E-state index in [1.54, 1.807) is 6.07 Å². The molecule has 2 aromatic rings. The Morgan fingerprint density at radius 3 is 2.90 bits per heavy atom. The first kappa shape index (κ1) is 19.8. The minimum atomic E-state index is -0.643. The first-order valence-electron chi connectivity index (χ1n) is 10.1. The number of rotatable bonds is 7. The molecule has 0 aliphatic carbocycles. The topological polar surface area (TPSA) is 99.6 Å². The van der Waals surface area contributed by atoms with Gasteiger partial charge >= 0.3 is 0 Å². The van der Waals surface area contributed by atoms with E-state index in [0.29, 0.717) is 25.6 Å². The minimum Gasteiger partial charge on any atom is -0.390 e. The van der Waals surface area contributed by atoms with Crippen LogP contribution in [0.25, 0.3) is 0 Å². The maximum Gasteiger partial charge on any atom is 0.270 e. The third-order valence-electron chi connectivity index (χ3n) is 5.29. The van der Waals surface area contributed by atoms with Crippen molar-refractivity contribution in [1.82, 2.24) is 20.2 Å². The summed E-state index contributed by atoms with van der Waals surface area (Å²) in [6.07, 6.45) is 2.85. The van der Waals surface area contributed by atoms with Gasteiger partial charge in [0, 0.05) is 25.7 Å². The van der Waals surface area contributed by atoms with E-state index in [0.717, 1.165) is 25.9 Å². The third kappa shape index (κ3) is 5.29. The standard InChI is InChI=1S/C21H27N5O3/c27-18(11-26-7-3-6-15-4-1-2-5-16(15)10-26)9-22-21(28)19-8-20(24-14-23-19)25-17-12-29-13-17/h1-2,4-5,8,14,17-18,27H,3,6-7,9-13H2,(H,22,28)(H,23,24,25). The van der Waals surface area contributed by atoms with Crippen LogP contribution in [0, 0.1) is 0 Å². The van der Waals surface area contributed by atoms with Gasteiger partial charge in [-0.1, -0.05) is 24.3 Å². The van der Waals surface area contributed by atoms with Gasteiger partial charge in [0.2, 0.25) is 0 Å². The summed E-state index contributed by atoms with van der Waals surface area (Å²) in [7, 11) is 0. The quantitative estimate of drug-likeness (QED) is 0.636. The van der Waals surface area contributed by atoms with Crippen molar-refractivity contribution in [3.05, 3.63) is 53.5 Å². The molecule has 1 fully saturated rings. The zero-order chi connectivity index (χ0) is 20.1. The Balaban J connectivity index is 1.26. The molecule has 0 radical (unpaired) electrons. The summed E-state index contributed by atoms with van der Waals surface area (Å²) < 4.78 is 5.12. The Labute approximate surface area is 170 Å². The average Bonchev–Trinajstić information content (AvgIpc) is 2.91. The van der Waals surface area contributed by atoms with E-state index in [9.17, 15) is 9.90 Å². The highest BCUT2D eigenvalue weighted by molar-refractivity contribution is 5.92. The van der Waals surface area contributed by atoms with Gasteiger partial charge in [-0.2, -0.15) is 0 Å². The lowest BCUT2D eigenvalue weighted by Crippen LogP contribution is -2.41. The summed E-state index contributed by atoms with van der Waals surface area (Å²) in [5.41, 5.74) is 2.98. The molecule has 8 nitrogen and oxygen atoms in total. The summed E-state index contributed by atoms with van der Waals surface area (Å²) in [6.45, 7) is 3.74. The normalized spacial score (nSPS) is 18.2. The molecule has 1 unspecified atom stereocenters. The van der Waals surface area contributed by atoms with Crippen molar-refractivity contribution < 1.29 is 14.6 Å². The van der Waals surface area contributed by atoms with Gasteiger partial charge in [-0.15, -0.1) is 0 Å². The Bertz CT molecular complexity index is 843. The molecule has 2 aliphatic heterocycles. The fourth-order valence-electron chi connectivity index (χ4n) is 3.68. The van der Waals surface area contributed by atoms with Gasteiger partial charge < -0.3 is 20.5 Å². The lowest BCUT2D eigenvalue weighted by Gasteiger charge is -2.27. The Kier molecular flexibility index (Phi) is 6.33. The number of hydrogen-bond acceptors (Lipinski definition) is 7. The van der Waals surface area contributed by atoms with E-state index in [4.69, 9.17) is 4.74 Å². The molecule has 3 N–H and O–H groups in total. The number of benzene rings is 1. The fourth-order valence-corrected chi connectivity index (χ4v) is 3.68. The highest BCUT2D eigenvalue weighted by atomic mass is 16.5. The number of aliphatic hydroxyl groups excluding tert-OH is 1. The SMILES string of the molecule is O=C(NCC(O)CN1CCCc2ccccc2C1)c1cc(NC2COC2)ncn1. The molecule has 1 saturated heterocycles. The van der Waals surface area contributed by atoms with Gasteiger partial charge in [-0.05, 0) is 30.5 Å². The van der Waals surface area contributed by atoms with E-state index in [2.05, 4.69) is 49.8 Å². The van der Waals surface area contributed by atoms with Crippen molar-refractivity contribution in [1.29, 1.82) is 0 Å². The molecule has 8 heteroatoms. The van der Waals surface area contributed by atoms with Gasteiger partial charge in [0.05, 0.1) is 25.4 Å². The van der Waals surface area contributed by atoms with Crippen LogP contribution in [0.15, 0.2) is 36.7 Å². The van der Waals surface area contributed by atoms with Crippen LogP contribution < -0.4 is 10.6 Å². The van der Waals surface area contributed by atoms with E-state index < -0.39 is 6.10 Å². The smallest absolute Gasteiger partial charge is 0.270 e. The van der Waals surface area contributed by atoms with E-state index in [1.807, 2.05) is 0 Å². The number of anilines is 1. The predicted molar refractivity (Wildman–Crippen MR) is 109 cm³/mol. The van der Waals surface area contributed by atoms with Crippen LogP contribution in [0.2, 0.25) is 0 Å². The molecule has 1 aromatic carbocycles. The molecule has 154 valence electrons. The van der Waals surface area contributed by atoms with Crippen molar-refractivity contribution in [2.45, 2.75) is 31.5 Å². The fraction of sp³-hybridized carbons (Fsp3) is 0.476. The van der Waals surface area contributed by atoms with Gasteiger partial charge in [0.25, 0.3) is 5.91 Å². The summed E-state index contributed by atoms with van der Waals surface area (Å²) >= 11 is 0. The molecule has 4 rings (SSSR count). The maximum absolute atomic E-state index is 12.4. The molecule has 0 bridgehead atoms. The summed E-state index contributed by atoms with van der Waals surface area (Å²) in [5.74, 6) is 0.280. The van der Waals surface area contributed by atoms with Crippen LogP contribution in [-0.4, -0.2) is 70.9 Å². The molecule has 2 aliphatic rings. The van der Waals surface area contributed by atoms with E-state index >= 15 is 0 Å². The summed E-state index contributed by atoms with van der Waals surface area (Å²) in [6, 6.07) is 10.3. The molecule has 0 saturated carbocycles. The number of amides is 1. The number of aliphatic hydroxyl groups is 1. The number of fused-ring (bicyclic) bond motifs is 1. The van der Waals surface area contributed by atoms with Crippen LogP contribution in [0.5, 0.6) is 0 Å². The van der Waals surface area contributed by atoms with Crippen LogP contribution in [-0.2, 0) is 17.7 Å². The number of ether oxygens (including phenoxy) is 1. The van der Waals surface area contributed by atoms with Gasteiger partial charge in [-0.3, -0.25) is 9.69 Å². The number of nitrogens with zero attached hydrogens (tertiary/aromatic N) is 3. The van der Waals surface area contributed by atoms with Crippen LogP contribution in [0.1, 0.15) is 28.0 Å². The molecule has 29 heavy (non-hydrogen) atoms. The van der Waals surface area contributed by atoms with Crippen LogP contribution in [0.4, 0.5) is 5.82 Å². The number of carbonyl (C=O) groups excluding carboxylic acids is 1. The van der Waals surface area contributed by atoms with Gasteiger partial charge in [0.15, 0.2) is 0 Å². The Morgan fingerprint density at radius 1 is 1.28 bits per heavy atom. The third-order valence-corrected chi connectivity index (χ3v) is 5.29. The highest BCUT2D eigenvalue weighted by Crippen LogP contribution is 2.18. The summed E-state index contributed by atoms with van der Waals surface area (Å²) in [4.78, 5) is 22.8. The molecule has 0 spiro atoms. The molecule has 1 atom stereocenters. The second kappa shape index (κ2) is 9.30. The van der Waals surface area contributed by atoms with Crippen molar-refractivity contribution in [2.24, 2.45) is 0 Å². The number of nitrogens with one attached hydrogen (secondary N) is 2. The molecule has 3 heterocycles. The molecule has 1 amide bonds. The van der Waals surface area contributed by atoms with E-state index in [-0.39, 0.29) is 24.2 Å². The second-order valence-electron chi connectivity index (χ2n) is 7.64. The monoisotopic (exact) mass is 397 g/mol. The Morgan fingerprint density at radius 2 is 2.10 bits per heavy atom. The van der Waals surface area contributed by atoms with Crippen molar-refractivity contribution >= 4 is 11.7 Å². The first-order chi connectivity index (χ1) is 14.2. The van der Waals surface area contributed by atoms with E-state index in [1.165, 1.54) is 17.5 Å². The molecular weight excluding hydrogens is 370 g/mol. The lowest BCUT2D eigenvalue weighted by molar-refractivity contribution is 0.0209. The average molecular weight is 397 g/mol. The molecular formula is C21H27N5O3. The first-order valence-corrected chi connectivity index (χ1v) is 10.1. The largest absolute Gasteiger partial charge is 0.390 e. The second-order valence-corrected chi connectivity index (χ2v) is 7.64. The van der Waals surface area contributed by atoms with Crippen molar-refractivity contribution in [2.75, 3.05) is 38.2 Å². The zero-order valence-corrected chi connectivity index (χ0v) is 16.4. The number of β-amino-alcohol motifs (C(OH)–C–C–N with tert-alkyl or cyclic N) is 1. The minimum absolute atomic E-state index is 0.181. The maximum atomic E-state index is 12.4. The number of carbonyl (C=O) groups is 1. The number of hydrogen-bond donors (Lipinski definition) is 3. The summed E-state index contributed by atoms with van der Waals surface area (Å²) in [5, 5.41) is 16.4. The van der Waals surface area contributed by atoms with Gasteiger partial charge in [-0.25, -0.2) is 9.97 Å².